The molecule has 0 bridgehead atoms. The molecule has 4 rings (SSSR count). The Bertz CT molecular complexity index is 1300. The molecule has 0 aliphatic carbocycles. The molecular formula is C23H17BrFN5O2. The zero-order chi connectivity index (χ0) is 22.7. The number of aromatic nitrogens is 3. The van der Waals surface area contributed by atoms with Crippen molar-refractivity contribution >= 4 is 39.2 Å². The van der Waals surface area contributed by atoms with E-state index in [0.29, 0.717) is 28.3 Å². The molecule has 0 radical (unpaired) electrons. The van der Waals surface area contributed by atoms with Crippen molar-refractivity contribution in [2.75, 3.05) is 10.6 Å². The Hall–Kier alpha value is -3.85. The van der Waals surface area contributed by atoms with Crippen LogP contribution < -0.4 is 10.6 Å². The molecule has 4 aromatic rings. The Labute approximate surface area is 191 Å². The molecule has 9 heteroatoms. The number of para-hydroxylation sites is 1. The molecular weight excluding hydrogens is 477 g/mol. The first-order chi connectivity index (χ1) is 15.4. The summed E-state index contributed by atoms with van der Waals surface area (Å²) < 4.78 is 16.3. The van der Waals surface area contributed by atoms with Gasteiger partial charge in [0, 0.05) is 21.9 Å². The molecule has 0 aliphatic rings. The average Bonchev–Trinajstić information content (AvgIpc) is 3.17. The van der Waals surface area contributed by atoms with Gasteiger partial charge in [-0.3, -0.25) is 9.59 Å². The van der Waals surface area contributed by atoms with E-state index in [-0.39, 0.29) is 11.6 Å². The summed E-state index contributed by atoms with van der Waals surface area (Å²) in [5.74, 6) is -0.815. The summed E-state index contributed by atoms with van der Waals surface area (Å²) in [6, 6.07) is 16.1. The molecule has 2 heterocycles. The van der Waals surface area contributed by atoms with Crippen LogP contribution in [-0.2, 0) is 0 Å². The van der Waals surface area contributed by atoms with Crippen molar-refractivity contribution in [1.29, 1.82) is 0 Å². The van der Waals surface area contributed by atoms with Crippen molar-refractivity contribution in [2.24, 2.45) is 0 Å². The van der Waals surface area contributed by atoms with E-state index < -0.39 is 11.7 Å². The van der Waals surface area contributed by atoms with Gasteiger partial charge < -0.3 is 10.6 Å². The van der Waals surface area contributed by atoms with Gasteiger partial charge in [0.25, 0.3) is 11.8 Å². The van der Waals surface area contributed by atoms with Gasteiger partial charge in [-0.15, -0.1) is 0 Å². The third kappa shape index (κ3) is 4.57. The number of carbonyl (C=O) groups is 2. The lowest BCUT2D eigenvalue weighted by Gasteiger charge is -2.09. The summed E-state index contributed by atoms with van der Waals surface area (Å²) in [7, 11) is 0. The summed E-state index contributed by atoms with van der Waals surface area (Å²) in [5.41, 5.74) is 1.82. The van der Waals surface area contributed by atoms with Gasteiger partial charge in [0.15, 0.2) is 0 Å². The van der Waals surface area contributed by atoms with E-state index >= 15 is 0 Å². The predicted molar refractivity (Wildman–Crippen MR) is 123 cm³/mol. The van der Waals surface area contributed by atoms with Crippen molar-refractivity contribution < 1.29 is 14.0 Å². The van der Waals surface area contributed by atoms with Gasteiger partial charge in [0.2, 0.25) is 0 Å². The second-order valence-corrected chi connectivity index (χ2v) is 7.77. The molecule has 2 amide bonds. The monoisotopic (exact) mass is 493 g/mol. The van der Waals surface area contributed by atoms with Gasteiger partial charge in [0.1, 0.15) is 17.3 Å². The van der Waals surface area contributed by atoms with Crippen LogP contribution in [0.2, 0.25) is 0 Å². The van der Waals surface area contributed by atoms with Crippen LogP contribution in [0.25, 0.3) is 5.69 Å². The molecule has 0 aliphatic heterocycles. The maximum Gasteiger partial charge on any atom is 0.259 e. The van der Waals surface area contributed by atoms with Crippen LogP contribution in [-0.4, -0.2) is 26.6 Å². The van der Waals surface area contributed by atoms with Gasteiger partial charge in [-0.2, -0.15) is 5.10 Å². The van der Waals surface area contributed by atoms with E-state index in [1.807, 2.05) is 0 Å². The molecule has 0 saturated carbocycles. The summed E-state index contributed by atoms with van der Waals surface area (Å²) in [4.78, 5) is 29.4. The van der Waals surface area contributed by atoms with E-state index in [9.17, 15) is 14.0 Å². The number of hydrogen-bond acceptors (Lipinski definition) is 4. The number of halogens is 2. The minimum atomic E-state index is -0.440. The number of nitrogens with zero attached hydrogens (tertiary/aromatic N) is 3. The van der Waals surface area contributed by atoms with E-state index in [2.05, 4.69) is 36.6 Å². The van der Waals surface area contributed by atoms with E-state index in [1.54, 1.807) is 67.7 Å². The van der Waals surface area contributed by atoms with Gasteiger partial charge in [-0.25, -0.2) is 14.1 Å². The van der Waals surface area contributed by atoms with Crippen LogP contribution in [0, 0.1) is 12.7 Å². The molecule has 0 fully saturated rings. The predicted octanol–water partition coefficient (Wildman–Crippen LogP) is 4.98. The van der Waals surface area contributed by atoms with Crippen molar-refractivity contribution in [1.82, 2.24) is 14.8 Å². The van der Waals surface area contributed by atoms with Gasteiger partial charge >= 0.3 is 0 Å². The van der Waals surface area contributed by atoms with Crippen LogP contribution in [0.4, 0.5) is 15.9 Å². The van der Waals surface area contributed by atoms with Crippen molar-refractivity contribution in [3.8, 4) is 5.69 Å². The van der Waals surface area contributed by atoms with Crippen molar-refractivity contribution in [3.05, 3.63) is 100 Å². The zero-order valence-corrected chi connectivity index (χ0v) is 18.4. The molecule has 0 unspecified atom stereocenters. The number of rotatable bonds is 5. The maximum absolute atomic E-state index is 14.1. The molecule has 32 heavy (non-hydrogen) atoms. The molecule has 2 aromatic heterocycles. The number of anilines is 2. The Morgan fingerprint density at radius 3 is 2.53 bits per heavy atom. The third-order valence-electron chi connectivity index (χ3n) is 4.69. The first-order valence-electron chi connectivity index (χ1n) is 9.56. The Morgan fingerprint density at radius 1 is 0.969 bits per heavy atom. The summed E-state index contributed by atoms with van der Waals surface area (Å²) in [5, 5.41) is 9.61. The lowest BCUT2D eigenvalue weighted by molar-refractivity contribution is 0.101. The van der Waals surface area contributed by atoms with Crippen LogP contribution in [0.1, 0.15) is 26.4 Å². The Morgan fingerprint density at radius 2 is 1.78 bits per heavy atom. The second kappa shape index (κ2) is 9.11. The number of hydrogen-bond donors (Lipinski definition) is 2. The molecule has 160 valence electrons. The lowest BCUT2D eigenvalue weighted by Crippen LogP contribution is -2.15. The van der Waals surface area contributed by atoms with E-state index in [1.165, 1.54) is 16.9 Å². The summed E-state index contributed by atoms with van der Waals surface area (Å²) in [6.45, 7) is 1.68. The highest BCUT2D eigenvalue weighted by molar-refractivity contribution is 9.10. The summed E-state index contributed by atoms with van der Waals surface area (Å²) >= 11 is 3.29. The average molecular weight is 494 g/mol. The number of pyridine rings is 1. The van der Waals surface area contributed by atoms with Gasteiger partial charge in [0.05, 0.1) is 17.5 Å². The van der Waals surface area contributed by atoms with Crippen LogP contribution in [0.3, 0.4) is 0 Å². The largest absolute Gasteiger partial charge is 0.322 e. The van der Waals surface area contributed by atoms with E-state index in [4.69, 9.17) is 0 Å². The normalized spacial score (nSPS) is 10.6. The Kier molecular flexibility index (Phi) is 6.09. The zero-order valence-electron chi connectivity index (χ0n) is 16.8. The van der Waals surface area contributed by atoms with Crippen LogP contribution >= 0.6 is 15.9 Å². The molecule has 2 N–H and O–H groups in total. The van der Waals surface area contributed by atoms with E-state index in [0.717, 1.165) is 4.47 Å². The summed E-state index contributed by atoms with van der Waals surface area (Å²) in [6.07, 6.45) is 2.96. The Balaban J connectivity index is 1.50. The fraction of sp³-hybridized carbons (Fsp3) is 0.0435. The third-order valence-corrected chi connectivity index (χ3v) is 5.16. The number of benzene rings is 2. The molecule has 0 saturated heterocycles. The highest BCUT2D eigenvalue weighted by Gasteiger charge is 2.17. The van der Waals surface area contributed by atoms with Crippen molar-refractivity contribution in [2.45, 2.75) is 6.92 Å². The number of nitrogens with one attached hydrogen (secondary N) is 2. The lowest BCUT2D eigenvalue weighted by atomic mass is 10.1. The fourth-order valence-electron chi connectivity index (χ4n) is 3.07. The highest BCUT2D eigenvalue weighted by Crippen LogP contribution is 2.19. The van der Waals surface area contributed by atoms with Gasteiger partial charge in [-0.05, 0) is 65.3 Å². The maximum atomic E-state index is 14.1. The quantitative estimate of drug-likeness (QED) is 0.410. The van der Waals surface area contributed by atoms with Crippen LogP contribution in [0.15, 0.2) is 77.5 Å². The van der Waals surface area contributed by atoms with Crippen LogP contribution in [0.5, 0.6) is 0 Å². The minimum absolute atomic E-state index is 0.254. The smallest absolute Gasteiger partial charge is 0.259 e. The second-order valence-electron chi connectivity index (χ2n) is 6.86. The standard InChI is InChI=1S/C23H17BrFN5O2/c1-14-18(13-27-30(14)20-8-3-2-7-19(20)25)23(32)28-17-6-4-5-15(11-17)22(31)29-21-10-9-16(24)12-26-21/h2-13H,1H3,(H,28,32)(H,26,29,31). The van der Waals surface area contributed by atoms with Crippen molar-refractivity contribution in [3.63, 3.8) is 0 Å². The molecule has 7 nitrogen and oxygen atoms in total. The fourth-order valence-corrected chi connectivity index (χ4v) is 3.31. The number of amides is 2. The minimum Gasteiger partial charge on any atom is -0.322 e. The number of carbonyl (C=O) groups excluding carboxylic acids is 2. The first kappa shape index (κ1) is 21.4. The SMILES string of the molecule is Cc1c(C(=O)Nc2cccc(C(=O)Nc3ccc(Br)cn3)c2)cnn1-c1ccccc1F. The topological polar surface area (TPSA) is 88.9 Å². The first-order valence-corrected chi connectivity index (χ1v) is 10.4. The molecule has 0 atom stereocenters. The molecule has 0 spiro atoms. The molecule has 2 aromatic carbocycles. The highest BCUT2D eigenvalue weighted by atomic mass is 79.9. The van der Waals surface area contributed by atoms with Gasteiger partial charge in [-0.1, -0.05) is 18.2 Å².